The van der Waals surface area contributed by atoms with Gasteiger partial charge in [-0.05, 0) is 11.6 Å². The Morgan fingerprint density at radius 2 is 1.70 bits per heavy atom. The standard InChI is InChI=1S/C16H17NO3/c18-15-9-5-4-8-13(15)14(10-16(19)20)17-11-12-6-2-1-3-7-12/h1-9,14,17-18H,10-11H2,(H,19,20). The molecule has 0 saturated carbocycles. The van der Waals surface area contributed by atoms with Crippen molar-refractivity contribution in [3.05, 3.63) is 65.7 Å². The van der Waals surface area contributed by atoms with E-state index in [9.17, 15) is 9.90 Å². The summed E-state index contributed by atoms with van der Waals surface area (Å²) < 4.78 is 0. The van der Waals surface area contributed by atoms with Gasteiger partial charge in [0.25, 0.3) is 0 Å². The molecule has 0 bridgehead atoms. The van der Waals surface area contributed by atoms with Crippen molar-refractivity contribution in [3.63, 3.8) is 0 Å². The molecule has 2 aromatic carbocycles. The number of hydrogen-bond acceptors (Lipinski definition) is 3. The maximum atomic E-state index is 11.0. The predicted octanol–water partition coefficient (Wildman–Crippen LogP) is 2.70. The fourth-order valence-electron chi connectivity index (χ4n) is 2.09. The summed E-state index contributed by atoms with van der Waals surface area (Å²) in [5, 5.41) is 22.1. The SMILES string of the molecule is O=C(O)CC(NCc1ccccc1)c1ccccc1O. The van der Waals surface area contributed by atoms with E-state index in [1.54, 1.807) is 24.3 Å². The molecular weight excluding hydrogens is 254 g/mol. The fourth-order valence-corrected chi connectivity index (χ4v) is 2.09. The number of benzene rings is 2. The first-order valence-electron chi connectivity index (χ1n) is 6.44. The number of phenols is 1. The number of carbonyl (C=O) groups is 1. The molecule has 0 aliphatic carbocycles. The molecule has 0 aliphatic rings. The van der Waals surface area contributed by atoms with E-state index < -0.39 is 12.0 Å². The van der Waals surface area contributed by atoms with E-state index in [1.165, 1.54) is 0 Å². The van der Waals surface area contributed by atoms with Gasteiger partial charge in [0.05, 0.1) is 6.42 Å². The lowest BCUT2D eigenvalue weighted by atomic mass is 10.0. The molecule has 0 radical (unpaired) electrons. The number of aliphatic carboxylic acids is 1. The number of carboxylic acids is 1. The Morgan fingerprint density at radius 3 is 2.35 bits per heavy atom. The molecule has 0 spiro atoms. The quantitative estimate of drug-likeness (QED) is 0.755. The van der Waals surface area contributed by atoms with Gasteiger partial charge in [0, 0.05) is 18.2 Å². The minimum atomic E-state index is -0.904. The average molecular weight is 271 g/mol. The number of phenolic OH excluding ortho intramolecular Hbond substituents is 1. The molecule has 0 aromatic heterocycles. The second kappa shape index (κ2) is 6.73. The van der Waals surface area contributed by atoms with Crippen LogP contribution >= 0.6 is 0 Å². The third-order valence-corrected chi connectivity index (χ3v) is 3.09. The molecule has 0 heterocycles. The summed E-state index contributed by atoms with van der Waals surface area (Å²) in [5.41, 5.74) is 1.67. The molecule has 0 amide bonds. The molecule has 1 unspecified atom stereocenters. The zero-order valence-corrected chi connectivity index (χ0v) is 11.0. The van der Waals surface area contributed by atoms with Crippen molar-refractivity contribution in [2.75, 3.05) is 0 Å². The van der Waals surface area contributed by atoms with Crippen molar-refractivity contribution in [1.29, 1.82) is 0 Å². The lowest BCUT2D eigenvalue weighted by Crippen LogP contribution is -2.23. The van der Waals surface area contributed by atoms with Crippen LogP contribution in [-0.2, 0) is 11.3 Å². The second-order valence-electron chi connectivity index (χ2n) is 4.58. The molecule has 2 rings (SSSR count). The summed E-state index contributed by atoms with van der Waals surface area (Å²) in [7, 11) is 0. The van der Waals surface area contributed by atoms with Crippen LogP contribution in [0.25, 0.3) is 0 Å². The number of hydrogen-bond donors (Lipinski definition) is 3. The monoisotopic (exact) mass is 271 g/mol. The van der Waals surface area contributed by atoms with Crippen molar-refractivity contribution >= 4 is 5.97 Å². The van der Waals surface area contributed by atoms with Crippen LogP contribution in [0.3, 0.4) is 0 Å². The average Bonchev–Trinajstić information content (AvgIpc) is 2.45. The maximum absolute atomic E-state index is 11.0. The zero-order valence-electron chi connectivity index (χ0n) is 11.0. The summed E-state index contributed by atoms with van der Waals surface area (Å²) in [6.45, 7) is 0.549. The highest BCUT2D eigenvalue weighted by Crippen LogP contribution is 2.26. The highest BCUT2D eigenvalue weighted by atomic mass is 16.4. The molecule has 2 aromatic rings. The van der Waals surface area contributed by atoms with Gasteiger partial charge in [-0.1, -0.05) is 48.5 Å². The Kier molecular flexibility index (Phi) is 4.74. The predicted molar refractivity (Wildman–Crippen MR) is 76.4 cm³/mol. The van der Waals surface area contributed by atoms with Gasteiger partial charge in [-0.15, -0.1) is 0 Å². The summed E-state index contributed by atoms with van der Waals surface area (Å²) in [6, 6.07) is 16.1. The molecule has 0 fully saturated rings. The summed E-state index contributed by atoms with van der Waals surface area (Å²) >= 11 is 0. The Morgan fingerprint density at radius 1 is 1.05 bits per heavy atom. The highest BCUT2D eigenvalue weighted by Gasteiger charge is 2.17. The normalized spacial score (nSPS) is 12.0. The van der Waals surface area contributed by atoms with Crippen molar-refractivity contribution in [2.45, 2.75) is 19.0 Å². The van der Waals surface area contributed by atoms with Crippen molar-refractivity contribution in [1.82, 2.24) is 5.32 Å². The van der Waals surface area contributed by atoms with E-state index in [1.807, 2.05) is 30.3 Å². The molecule has 20 heavy (non-hydrogen) atoms. The summed E-state index contributed by atoms with van der Waals surface area (Å²) in [6.07, 6.45) is -0.0790. The van der Waals surface area contributed by atoms with Crippen LogP contribution in [0.15, 0.2) is 54.6 Å². The fraction of sp³-hybridized carbons (Fsp3) is 0.188. The molecule has 0 saturated heterocycles. The highest BCUT2D eigenvalue weighted by molar-refractivity contribution is 5.68. The molecule has 4 heteroatoms. The van der Waals surface area contributed by atoms with Crippen LogP contribution in [0, 0.1) is 0 Å². The lowest BCUT2D eigenvalue weighted by Gasteiger charge is -2.18. The van der Waals surface area contributed by atoms with Crippen LogP contribution in [0.4, 0.5) is 0 Å². The van der Waals surface area contributed by atoms with Crippen LogP contribution in [0.2, 0.25) is 0 Å². The minimum Gasteiger partial charge on any atom is -0.508 e. The molecule has 3 N–H and O–H groups in total. The van der Waals surface area contributed by atoms with Gasteiger partial charge >= 0.3 is 5.97 Å². The molecule has 4 nitrogen and oxygen atoms in total. The largest absolute Gasteiger partial charge is 0.508 e. The van der Waals surface area contributed by atoms with Gasteiger partial charge in [-0.2, -0.15) is 0 Å². The number of para-hydroxylation sites is 1. The summed E-state index contributed by atoms with van der Waals surface area (Å²) in [4.78, 5) is 11.0. The summed E-state index contributed by atoms with van der Waals surface area (Å²) in [5.74, 6) is -0.793. The van der Waals surface area contributed by atoms with Crippen molar-refractivity contribution in [3.8, 4) is 5.75 Å². The van der Waals surface area contributed by atoms with Crippen LogP contribution in [0.5, 0.6) is 5.75 Å². The Bertz CT molecular complexity index is 569. The maximum Gasteiger partial charge on any atom is 0.305 e. The third-order valence-electron chi connectivity index (χ3n) is 3.09. The van der Waals surface area contributed by atoms with E-state index in [0.29, 0.717) is 12.1 Å². The van der Waals surface area contributed by atoms with Crippen LogP contribution in [-0.4, -0.2) is 16.2 Å². The number of nitrogens with one attached hydrogen (secondary N) is 1. The van der Waals surface area contributed by atoms with Gasteiger partial charge in [-0.3, -0.25) is 4.79 Å². The Hall–Kier alpha value is -2.33. The molecular formula is C16H17NO3. The molecule has 0 aliphatic heterocycles. The molecule has 1 atom stereocenters. The number of rotatable bonds is 6. The van der Waals surface area contributed by atoms with E-state index >= 15 is 0 Å². The third kappa shape index (κ3) is 3.83. The van der Waals surface area contributed by atoms with E-state index in [2.05, 4.69) is 5.32 Å². The van der Waals surface area contributed by atoms with Crippen molar-refractivity contribution in [2.24, 2.45) is 0 Å². The van der Waals surface area contributed by atoms with E-state index in [4.69, 9.17) is 5.11 Å². The smallest absolute Gasteiger partial charge is 0.305 e. The van der Waals surface area contributed by atoms with Crippen LogP contribution < -0.4 is 5.32 Å². The van der Waals surface area contributed by atoms with Gasteiger partial charge in [-0.25, -0.2) is 0 Å². The first kappa shape index (κ1) is 14.1. The van der Waals surface area contributed by atoms with E-state index in [0.717, 1.165) is 5.56 Å². The Labute approximate surface area is 117 Å². The zero-order chi connectivity index (χ0) is 14.4. The van der Waals surface area contributed by atoms with Crippen molar-refractivity contribution < 1.29 is 15.0 Å². The van der Waals surface area contributed by atoms with Gasteiger partial charge in [0.2, 0.25) is 0 Å². The van der Waals surface area contributed by atoms with Gasteiger partial charge in [0.1, 0.15) is 5.75 Å². The molecule has 104 valence electrons. The Balaban J connectivity index is 2.12. The van der Waals surface area contributed by atoms with E-state index in [-0.39, 0.29) is 12.2 Å². The topological polar surface area (TPSA) is 69.6 Å². The minimum absolute atomic E-state index is 0.0790. The number of carboxylic acid groups (broad SMARTS) is 1. The first-order chi connectivity index (χ1) is 9.66. The second-order valence-corrected chi connectivity index (χ2v) is 4.58. The lowest BCUT2D eigenvalue weighted by molar-refractivity contribution is -0.137. The van der Waals surface area contributed by atoms with Gasteiger partial charge < -0.3 is 15.5 Å². The van der Waals surface area contributed by atoms with Gasteiger partial charge in [0.15, 0.2) is 0 Å². The number of aromatic hydroxyl groups is 1. The first-order valence-corrected chi connectivity index (χ1v) is 6.44. The van der Waals surface area contributed by atoms with Crippen LogP contribution in [0.1, 0.15) is 23.6 Å².